The first kappa shape index (κ1) is 23.7. The maximum atomic E-state index is 6.35. The molecule has 2 aliphatic heterocycles. The average Bonchev–Trinajstić information content (AvgIpc) is 2.78. The number of hydrogen-bond acceptors (Lipinski definition) is 4. The minimum atomic E-state index is -0.143. The Kier molecular flexibility index (Phi) is 8.05. The molecule has 0 aliphatic carbocycles. The smallest absolute Gasteiger partial charge is 0.189 e. The number of hydrogen-bond donors (Lipinski definition) is 2. The van der Waals surface area contributed by atoms with E-state index in [9.17, 15) is 0 Å². The van der Waals surface area contributed by atoms with E-state index in [0.29, 0.717) is 32.3 Å². The number of nitrogens with two attached hydrogens (primary N) is 1. The van der Waals surface area contributed by atoms with Crippen LogP contribution in [-0.2, 0) is 10.2 Å². The lowest BCUT2D eigenvalue weighted by atomic mass is 9.73. The van der Waals surface area contributed by atoms with E-state index in [-0.39, 0.29) is 35.4 Å². The van der Waals surface area contributed by atoms with Crippen LogP contribution in [0.15, 0.2) is 47.5 Å². The summed E-state index contributed by atoms with van der Waals surface area (Å²) < 4.78 is 17.1. The van der Waals surface area contributed by atoms with Crippen molar-refractivity contribution < 1.29 is 14.2 Å². The number of benzene rings is 2. The summed E-state index contributed by atoms with van der Waals surface area (Å²) in [6, 6.07) is 14.5. The van der Waals surface area contributed by atoms with Crippen LogP contribution in [0.1, 0.15) is 42.0 Å². The summed E-state index contributed by atoms with van der Waals surface area (Å²) >= 11 is 0. The van der Waals surface area contributed by atoms with E-state index in [4.69, 9.17) is 24.9 Å². The summed E-state index contributed by atoms with van der Waals surface area (Å²) in [5, 5.41) is 3.41. The van der Waals surface area contributed by atoms with Crippen molar-refractivity contribution in [3.8, 4) is 11.5 Å². The fraction of sp³-hybridized carbons (Fsp3) is 0.458. The zero-order chi connectivity index (χ0) is 21.0. The van der Waals surface area contributed by atoms with Gasteiger partial charge in [0, 0.05) is 36.2 Å². The number of aliphatic imine (C=N–C) groups is 1. The number of guanidine groups is 1. The Morgan fingerprint density at radius 2 is 1.97 bits per heavy atom. The number of para-hydroxylation sites is 1. The van der Waals surface area contributed by atoms with Crippen LogP contribution in [0, 0.1) is 6.92 Å². The van der Waals surface area contributed by atoms with Crippen LogP contribution in [-0.4, -0.2) is 39.4 Å². The van der Waals surface area contributed by atoms with Crippen molar-refractivity contribution in [2.75, 3.05) is 33.5 Å². The van der Waals surface area contributed by atoms with Crippen molar-refractivity contribution in [1.29, 1.82) is 0 Å². The third-order valence-corrected chi connectivity index (χ3v) is 6.21. The highest BCUT2D eigenvalue weighted by atomic mass is 127. The van der Waals surface area contributed by atoms with Gasteiger partial charge in [0.25, 0.3) is 0 Å². The van der Waals surface area contributed by atoms with Crippen LogP contribution in [0.5, 0.6) is 11.5 Å². The van der Waals surface area contributed by atoms with Gasteiger partial charge in [0.2, 0.25) is 0 Å². The van der Waals surface area contributed by atoms with Gasteiger partial charge in [0.05, 0.1) is 26.3 Å². The summed E-state index contributed by atoms with van der Waals surface area (Å²) in [6.45, 7) is 4.81. The molecule has 2 aliphatic rings. The molecule has 1 atom stereocenters. The topological polar surface area (TPSA) is 78.1 Å². The maximum absolute atomic E-state index is 6.35. The molecule has 0 bridgehead atoms. The second-order valence-electron chi connectivity index (χ2n) is 8.17. The lowest BCUT2D eigenvalue weighted by Gasteiger charge is -2.37. The Morgan fingerprint density at radius 1 is 1.19 bits per heavy atom. The normalized spacial score (nSPS) is 20.1. The first-order chi connectivity index (χ1) is 14.6. The Bertz CT molecular complexity index is 913. The molecule has 0 radical (unpaired) electrons. The molecule has 1 fully saturated rings. The molecule has 6 nitrogen and oxygen atoms in total. The SMILES string of the molecule is COc1ccc(C)cc1C1(CN=C(N)NC2CCOc3ccccc32)CCOCC1.I. The predicted molar refractivity (Wildman–Crippen MR) is 134 cm³/mol. The van der Waals surface area contributed by atoms with Crippen molar-refractivity contribution in [2.24, 2.45) is 10.7 Å². The van der Waals surface area contributed by atoms with Gasteiger partial charge in [-0.2, -0.15) is 0 Å². The summed E-state index contributed by atoms with van der Waals surface area (Å²) in [6.07, 6.45) is 2.64. The molecule has 2 aromatic rings. The van der Waals surface area contributed by atoms with E-state index in [1.54, 1.807) is 7.11 Å². The molecule has 0 amide bonds. The van der Waals surface area contributed by atoms with Crippen molar-refractivity contribution >= 4 is 29.9 Å². The van der Waals surface area contributed by atoms with E-state index in [1.165, 1.54) is 11.1 Å². The van der Waals surface area contributed by atoms with Crippen LogP contribution in [0.4, 0.5) is 0 Å². The maximum Gasteiger partial charge on any atom is 0.189 e. The first-order valence-corrected chi connectivity index (χ1v) is 10.6. The van der Waals surface area contributed by atoms with Crippen molar-refractivity contribution in [3.05, 3.63) is 59.2 Å². The third kappa shape index (κ3) is 5.26. The Balaban J connectivity index is 0.00000272. The fourth-order valence-electron chi connectivity index (χ4n) is 4.46. The van der Waals surface area contributed by atoms with Crippen LogP contribution in [0.25, 0.3) is 0 Å². The molecule has 3 N–H and O–H groups in total. The monoisotopic (exact) mass is 537 g/mol. The highest BCUT2D eigenvalue weighted by Gasteiger charge is 2.37. The second-order valence-corrected chi connectivity index (χ2v) is 8.17. The van der Waals surface area contributed by atoms with E-state index in [1.807, 2.05) is 24.3 Å². The largest absolute Gasteiger partial charge is 0.496 e. The molecule has 0 aromatic heterocycles. The number of halogens is 1. The zero-order valence-corrected chi connectivity index (χ0v) is 20.6. The molecule has 2 heterocycles. The lowest BCUT2D eigenvalue weighted by Crippen LogP contribution is -2.41. The van der Waals surface area contributed by atoms with Gasteiger partial charge >= 0.3 is 0 Å². The molecule has 0 spiro atoms. The van der Waals surface area contributed by atoms with E-state index in [2.05, 4.69) is 30.4 Å². The van der Waals surface area contributed by atoms with Gasteiger partial charge in [-0.15, -0.1) is 24.0 Å². The van der Waals surface area contributed by atoms with Gasteiger partial charge in [-0.3, -0.25) is 4.99 Å². The number of aryl methyl sites for hydroxylation is 1. The molecule has 1 saturated heterocycles. The van der Waals surface area contributed by atoms with Crippen LogP contribution in [0.3, 0.4) is 0 Å². The third-order valence-electron chi connectivity index (χ3n) is 6.21. The summed E-state index contributed by atoms with van der Waals surface area (Å²) in [7, 11) is 1.73. The molecule has 1 unspecified atom stereocenters. The van der Waals surface area contributed by atoms with Gasteiger partial charge in [0.1, 0.15) is 11.5 Å². The second kappa shape index (κ2) is 10.5. The van der Waals surface area contributed by atoms with Gasteiger partial charge in [-0.05, 0) is 31.9 Å². The molecule has 7 heteroatoms. The van der Waals surface area contributed by atoms with E-state index in [0.717, 1.165) is 36.3 Å². The van der Waals surface area contributed by atoms with Crippen LogP contribution >= 0.6 is 24.0 Å². The van der Waals surface area contributed by atoms with Gasteiger partial charge in [0.15, 0.2) is 5.96 Å². The number of nitrogens with zero attached hydrogens (tertiary/aromatic N) is 1. The number of nitrogens with one attached hydrogen (secondary N) is 1. The number of rotatable bonds is 5. The van der Waals surface area contributed by atoms with Gasteiger partial charge < -0.3 is 25.3 Å². The summed E-state index contributed by atoms with van der Waals surface area (Å²) in [4.78, 5) is 4.80. The van der Waals surface area contributed by atoms with Crippen molar-refractivity contribution in [1.82, 2.24) is 5.32 Å². The molecule has 4 rings (SSSR count). The van der Waals surface area contributed by atoms with Crippen LogP contribution < -0.4 is 20.5 Å². The minimum Gasteiger partial charge on any atom is -0.496 e. The highest BCUT2D eigenvalue weighted by molar-refractivity contribution is 14.0. The first-order valence-electron chi connectivity index (χ1n) is 10.6. The summed E-state index contributed by atoms with van der Waals surface area (Å²) in [5.41, 5.74) is 9.75. The Hall–Kier alpha value is -2.00. The quantitative estimate of drug-likeness (QED) is 0.341. The average molecular weight is 537 g/mol. The van der Waals surface area contributed by atoms with Crippen molar-refractivity contribution in [2.45, 2.75) is 37.6 Å². The standard InChI is InChI=1S/C24H31N3O3.HI/c1-17-7-8-22(28-2)19(15-17)24(10-13-29-14-11-24)16-26-23(25)27-20-9-12-30-21-6-4-3-5-18(20)21;/h3-8,15,20H,9-14,16H2,1-2H3,(H3,25,26,27);1H. The molecule has 0 saturated carbocycles. The number of methoxy groups -OCH3 is 1. The molecular formula is C24H32IN3O3. The molecule has 31 heavy (non-hydrogen) atoms. The van der Waals surface area contributed by atoms with Crippen molar-refractivity contribution in [3.63, 3.8) is 0 Å². The molecule has 2 aromatic carbocycles. The zero-order valence-electron chi connectivity index (χ0n) is 18.2. The Morgan fingerprint density at radius 3 is 2.74 bits per heavy atom. The van der Waals surface area contributed by atoms with Crippen LogP contribution in [0.2, 0.25) is 0 Å². The summed E-state index contributed by atoms with van der Waals surface area (Å²) in [5.74, 6) is 2.29. The molecule has 168 valence electrons. The van der Waals surface area contributed by atoms with E-state index < -0.39 is 0 Å². The minimum absolute atomic E-state index is 0. The molecular weight excluding hydrogens is 505 g/mol. The highest BCUT2D eigenvalue weighted by Crippen LogP contribution is 2.40. The lowest BCUT2D eigenvalue weighted by molar-refractivity contribution is 0.0522. The Labute approximate surface area is 201 Å². The number of fused-ring (bicyclic) bond motifs is 1. The van der Waals surface area contributed by atoms with Gasteiger partial charge in [-0.1, -0.05) is 35.9 Å². The fourth-order valence-corrected chi connectivity index (χ4v) is 4.46. The number of ether oxygens (including phenoxy) is 3. The van der Waals surface area contributed by atoms with Gasteiger partial charge in [-0.25, -0.2) is 0 Å². The van der Waals surface area contributed by atoms with E-state index >= 15 is 0 Å². The predicted octanol–water partition coefficient (Wildman–Crippen LogP) is 4.10.